The minimum Gasteiger partial charge on any atom is -0.480 e. The van der Waals surface area contributed by atoms with Crippen LogP contribution in [0.5, 0.6) is 0 Å². The lowest BCUT2D eigenvalue weighted by atomic mass is 10.1. The van der Waals surface area contributed by atoms with E-state index in [0.717, 1.165) is 5.56 Å². The molecular formula is C15H14N2O4. The number of ether oxygens (including phenoxy) is 1. The van der Waals surface area contributed by atoms with Gasteiger partial charge in [-0.1, -0.05) is 12.1 Å². The van der Waals surface area contributed by atoms with E-state index in [1.165, 1.54) is 11.0 Å². The molecule has 0 bridgehead atoms. The van der Waals surface area contributed by atoms with E-state index < -0.39 is 12.0 Å². The first-order chi connectivity index (χ1) is 10.1. The molecule has 1 amide bonds. The van der Waals surface area contributed by atoms with E-state index in [1.54, 1.807) is 30.3 Å². The number of carbonyl (C=O) groups is 2. The molecule has 2 rings (SSSR count). The van der Waals surface area contributed by atoms with Gasteiger partial charge in [0.25, 0.3) is 0 Å². The molecule has 0 saturated carbocycles. The molecule has 108 valence electrons. The average Bonchev–Trinajstić information content (AvgIpc) is 2.53. The highest BCUT2D eigenvalue weighted by molar-refractivity contribution is 5.94. The van der Waals surface area contributed by atoms with Crippen molar-refractivity contribution in [1.82, 2.24) is 4.90 Å². The van der Waals surface area contributed by atoms with Gasteiger partial charge in [0.05, 0.1) is 24.8 Å². The fourth-order valence-corrected chi connectivity index (χ4v) is 2.00. The molecule has 6 heteroatoms. The zero-order valence-corrected chi connectivity index (χ0v) is 11.2. The van der Waals surface area contributed by atoms with Crippen LogP contribution in [0, 0.1) is 11.3 Å². The van der Waals surface area contributed by atoms with Gasteiger partial charge >= 0.3 is 5.97 Å². The van der Waals surface area contributed by atoms with Crippen LogP contribution >= 0.6 is 0 Å². The van der Waals surface area contributed by atoms with Crippen LogP contribution in [0.25, 0.3) is 6.08 Å². The summed E-state index contributed by atoms with van der Waals surface area (Å²) in [6, 6.07) is 7.80. The maximum atomic E-state index is 12.1. The summed E-state index contributed by atoms with van der Waals surface area (Å²) in [5, 5.41) is 17.8. The Balaban J connectivity index is 2.06. The average molecular weight is 286 g/mol. The van der Waals surface area contributed by atoms with Gasteiger partial charge in [-0.15, -0.1) is 0 Å². The van der Waals surface area contributed by atoms with Crippen molar-refractivity contribution in [2.75, 3.05) is 19.8 Å². The lowest BCUT2D eigenvalue weighted by Gasteiger charge is -2.31. The molecule has 1 unspecified atom stereocenters. The molecule has 1 atom stereocenters. The first kappa shape index (κ1) is 14.8. The summed E-state index contributed by atoms with van der Waals surface area (Å²) in [4.78, 5) is 24.4. The van der Waals surface area contributed by atoms with E-state index in [-0.39, 0.29) is 19.1 Å². The molecule has 1 saturated heterocycles. The maximum absolute atomic E-state index is 12.1. The number of rotatable bonds is 3. The monoisotopic (exact) mass is 286 g/mol. The second kappa shape index (κ2) is 6.68. The summed E-state index contributed by atoms with van der Waals surface area (Å²) in [6.07, 6.45) is 2.93. The Hall–Kier alpha value is -2.65. The zero-order chi connectivity index (χ0) is 15.2. The first-order valence-corrected chi connectivity index (χ1v) is 6.41. The number of hydrogen-bond acceptors (Lipinski definition) is 4. The van der Waals surface area contributed by atoms with E-state index >= 15 is 0 Å². The molecule has 0 radical (unpaired) electrons. The number of hydrogen-bond donors (Lipinski definition) is 1. The Morgan fingerprint density at radius 1 is 1.38 bits per heavy atom. The van der Waals surface area contributed by atoms with Crippen molar-refractivity contribution in [1.29, 1.82) is 5.26 Å². The quantitative estimate of drug-likeness (QED) is 0.833. The molecule has 0 spiro atoms. The molecule has 1 aromatic rings. The van der Waals surface area contributed by atoms with Gasteiger partial charge in [0.1, 0.15) is 0 Å². The van der Waals surface area contributed by atoms with Crippen LogP contribution in [0.15, 0.2) is 30.3 Å². The predicted molar refractivity (Wildman–Crippen MR) is 74.1 cm³/mol. The number of carboxylic acid groups (broad SMARTS) is 1. The SMILES string of the molecule is N#Cc1ccc(C=CC(=O)N2CCOCC2C(=O)O)cc1. The van der Waals surface area contributed by atoms with Crippen LogP contribution in [-0.2, 0) is 14.3 Å². The second-order valence-electron chi connectivity index (χ2n) is 4.53. The third kappa shape index (κ3) is 3.68. The molecule has 21 heavy (non-hydrogen) atoms. The zero-order valence-electron chi connectivity index (χ0n) is 11.2. The Morgan fingerprint density at radius 3 is 2.71 bits per heavy atom. The molecule has 1 aromatic carbocycles. The van der Waals surface area contributed by atoms with Crippen LogP contribution in [0.1, 0.15) is 11.1 Å². The molecular weight excluding hydrogens is 272 g/mol. The molecule has 6 nitrogen and oxygen atoms in total. The van der Waals surface area contributed by atoms with E-state index in [0.29, 0.717) is 12.2 Å². The summed E-state index contributed by atoms with van der Waals surface area (Å²) in [6.45, 7) is 0.597. The largest absolute Gasteiger partial charge is 0.480 e. The molecule has 1 aliphatic heterocycles. The van der Waals surface area contributed by atoms with Crippen molar-refractivity contribution < 1.29 is 19.4 Å². The summed E-state index contributed by atoms with van der Waals surface area (Å²) < 4.78 is 5.08. The Morgan fingerprint density at radius 2 is 2.10 bits per heavy atom. The van der Waals surface area contributed by atoms with Crippen LogP contribution in [0.2, 0.25) is 0 Å². The lowest BCUT2D eigenvalue weighted by molar-refractivity contribution is -0.156. The van der Waals surface area contributed by atoms with E-state index in [9.17, 15) is 9.59 Å². The summed E-state index contributed by atoms with van der Waals surface area (Å²) in [5.74, 6) is -1.44. The summed E-state index contributed by atoms with van der Waals surface area (Å²) in [5.41, 5.74) is 1.31. The molecule has 1 fully saturated rings. The number of benzene rings is 1. The Bertz CT molecular complexity index is 601. The van der Waals surface area contributed by atoms with Crippen molar-refractivity contribution in [3.63, 3.8) is 0 Å². The van der Waals surface area contributed by atoms with Crippen molar-refractivity contribution >= 4 is 18.0 Å². The number of amides is 1. The summed E-state index contributed by atoms with van der Waals surface area (Å²) in [7, 11) is 0. The van der Waals surface area contributed by atoms with Crippen LogP contribution < -0.4 is 0 Å². The normalized spacial score (nSPS) is 18.4. The maximum Gasteiger partial charge on any atom is 0.328 e. The highest BCUT2D eigenvalue weighted by Crippen LogP contribution is 2.10. The van der Waals surface area contributed by atoms with Crippen LogP contribution in [-0.4, -0.2) is 47.7 Å². The van der Waals surface area contributed by atoms with Crippen molar-refractivity contribution in [2.24, 2.45) is 0 Å². The molecule has 0 aromatic heterocycles. The van der Waals surface area contributed by atoms with Gasteiger partial charge in [-0.2, -0.15) is 5.26 Å². The van der Waals surface area contributed by atoms with Crippen molar-refractivity contribution in [2.45, 2.75) is 6.04 Å². The van der Waals surface area contributed by atoms with Gasteiger partial charge in [-0.05, 0) is 23.8 Å². The van der Waals surface area contributed by atoms with E-state index in [1.807, 2.05) is 6.07 Å². The number of carbonyl (C=O) groups excluding carboxylic acids is 1. The molecule has 1 N–H and O–H groups in total. The highest BCUT2D eigenvalue weighted by Gasteiger charge is 2.31. The van der Waals surface area contributed by atoms with Gasteiger partial charge in [-0.3, -0.25) is 4.79 Å². The van der Waals surface area contributed by atoms with Gasteiger partial charge in [0, 0.05) is 12.6 Å². The van der Waals surface area contributed by atoms with Crippen LogP contribution in [0.4, 0.5) is 0 Å². The lowest BCUT2D eigenvalue weighted by Crippen LogP contribution is -2.52. The topological polar surface area (TPSA) is 90.6 Å². The Kier molecular flexibility index (Phi) is 4.69. The Labute approximate surface area is 121 Å². The smallest absolute Gasteiger partial charge is 0.328 e. The molecule has 0 aliphatic carbocycles. The fraction of sp³-hybridized carbons (Fsp3) is 0.267. The minimum absolute atomic E-state index is 0.00573. The van der Waals surface area contributed by atoms with Crippen molar-refractivity contribution in [3.8, 4) is 6.07 Å². The number of nitriles is 1. The van der Waals surface area contributed by atoms with Gasteiger partial charge in [0.15, 0.2) is 6.04 Å². The van der Waals surface area contributed by atoms with Crippen LogP contribution in [0.3, 0.4) is 0 Å². The molecule has 1 aliphatic rings. The van der Waals surface area contributed by atoms with E-state index in [4.69, 9.17) is 15.1 Å². The third-order valence-electron chi connectivity index (χ3n) is 3.15. The third-order valence-corrected chi connectivity index (χ3v) is 3.15. The standard InChI is InChI=1S/C15H14N2O4/c16-9-12-3-1-11(2-4-12)5-6-14(18)17-7-8-21-10-13(17)15(19)20/h1-6,13H,7-8,10H2,(H,19,20). The highest BCUT2D eigenvalue weighted by atomic mass is 16.5. The number of carboxylic acids is 1. The molecule has 1 heterocycles. The van der Waals surface area contributed by atoms with Crippen molar-refractivity contribution in [3.05, 3.63) is 41.5 Å². The van der Waals surface area contributed by atoms with Gasteiger partial charge in [0.2, 0.25) is 5.91 Å². The fourth-order valence-electron chi connectivity index (χ4n) is 2.00. The summed E-state index contributed by atoms with van der Waals surface area (Å²) >= 11 is 0. The van der Waals surface area contributed by atoms with Gasteiger partial charge in [-0.25, -0.2) is 4.79 Å². The first-order valence-electron chi connectivity index (χ1n) is 6.41. The van der Waals surface area contributed by atoms with E-state index in [2.05, 4.69) is 0 Å². The second-order valence-corrected chi connectivity index (χ2v) is 4.53. The van der Waals surface area contributed by atoms with Gasteiger partial charge < -0.3 is 14.7 Å². The number of morpholine rings is 1. The minimum atomic E-state index is -1.07. The number of aliphatic carboxylic acids is 1. The predicted octanol–water partition coefficient (Wildman–Crippen LogP) is 0.883. The number of nitrogens with zero attached hydrogens (tertiary/aromatic N) is 2.